The quantitative estimate of drug-likeness (QED) is 0.787. The minimum atomic E-state index is -0.517. The summed E-state index contributed by atoms with van der Waals surface area (Å²) in [5.41, 5.74) is 6.19. The van der Waals surface area contributed by atoms with Gasteiger partial charge >= 0.3 is 0 Å². The van der Waals surface area contributed by atoms with Crippen molar-refractivity contribution >= 4 is 29.4 Å². The van der Waals surface area contributed by atoms with Gasteiger partial charge in [0, 0.05) is 13.1 Å². The first-order chi connectivity index (χ1) is 7.19. The fourth-order valence-electron chi connectivity index (χ4n) is 1.78. The summed E-state index contributed by atoms with van der Waals surface area (Å²) in [5, 5.41) is 6.65. The monoisotopic (exact) mass is 244 g/mol. The first-order valence-corrected chi connectivity index (χ1v) is 6.93. The molecule has 0 aromatic carbocycles. The normalized spacial score (nSPS) is 25.2. The lowest BCUT2D eigenvalue weighted by atomic mass is 10.1. The fourth-order valence-corrected chi connectivity index (χ4v) is 4.14. The molecule has 1 fully saturated rings. The number of thioether (sulfide) groups is 2. The van der Waals surface area contributed by atoms with Crippen molar-refractivity contribution in [2.24, 2.45) is 11.7 Å². The summed E-state index contributed by atoms with van der Waals surface area (Å²) in [7, 11) is 1.67. The first-order valence-electron chi connectivity index (χ1n) is 5.17. The molecular formula is C10H16N2OS2. The highest BCUT2D eigenvalue weighted by molar-refractivity contribution is 8.24. The second-order valence-electron chi connectivity index (χ2n) is 4.04. The van der Waals surface area contributed by atoms with E-state index in [2.05, 4.69) is 5.32 Å². The second-order valence-corrected chi connectivity index (χ2v) is 6.60. The Morgan fingerprint density at radius 3 is 2.67 bits per heavy atom. The Labute approximate surface area is 98.6 Å². The number of hydrogen-bond donors (Lipinski definition) is 2. The molecular weight excluding hydrogens is 228 g/mol. The van der Waals surface area contributed by atoms with Crippen molar-refractivity contribution in [3.05, 3.63) is 10.8 Å². The second kappa shape index (κ2) is 4.39. The van der Waals surface area contributed by atoms with Gasteiger partial charge in [0.05, 0.1) is 0 Å². The molecule has 0 unspecified atom stereocenters. The van der Waals surface area contributed by atoms with Crippen molar-refractivity contribution in [1.29, 1.82) is 0 Å². The van der Waals surface area contributed by atoms with Crippen molar-refractivity contribution in [2.45, 2.75) is 29.4 Å². The van der Waals surface area contributed by atoms with E-state index in [1.54, 1.807) is 30.6 Å². The Hall–Kier alpha value is -0.130. The molecule has 2 rings (SSSR count). The summed E-state index contributed by atoms with van der Waals surface area (Å²) < 4.78 is -0.517. The molecule has 0 bridgehead atoms. The van der Waals surface area contributed by atoms with Gasteiger partial charge in [-0.05, 0) is 23.2 Å². The zero-order valence-corrected chi connectivity index (χ0v) is 10.4. The highest BCUT2D eigenvalue weighted by Crippen LogP contribution is 2.49. The molecule has 1 saturated carbocycles. The Morgan fingerprint density at radius 2 is 2.20 bits per heavy atom. The molecule has 0 spiro atoms. The molecule has 5 heteroatoms. The number of carbonyl (C=O) groups excluding carboxylic acids is 1. The zero-order chi connectivity index (χ0) is 10.9. The largest absolute Gasteiger partial charge is 0.357 e. The number of nitrogens with two attached hydrogens (primary N) is 1. The van der Waals surface area contributed by atoms with E-state index in [9.17, 15) is 4.79 Å². The molecule has 0 aromatic heterocycles. The van der Waals surface area contributed by atoms with Crippen LogP contribution in [0.5, 0.6) is 0 Å². The maximum atomic E-state index is 11.9. The van der Waals surface area contributed by atoms with Gasteiger partial charge in [-0.15, -0.1) is 23.5 Å². The number of carbonyl (C=O) groups is 1. The first kappa shape index (κ1) is 11.4. The van der Waals surface area contributed by atoms with E-state index < -0.39 is 4.08 Å². The molecule has 1 aliphatic heterocycles. The molecule has 0 radical (unpaired) electrons. The van der Waals surface area contributed by atoms with Crippen molar-refractivity contribution < 1.29 is 4.79 Å². The minimum Gasteiger partial charge on any atom is -0.357 e. The van der Waals surface area contributed by atoms with E-state index >= 15 is 0 Å². The lowest BCUT2D eigenvalue weighted by molar-refractivity contribution is -0.121. The van der Waals surface area contributed by atoms with Crippen LogP contribution in [0, 0.1) is 5.92 Å². The van der Waals surface area contributed by atoms with E-state index in [0.717, 1.165) is 12.3 Å². The molecule has 2 aliphatic rings. The van der Waals surface area contributed by atoms with Crippen molar-refractivity contribution in [2.75, 3.05) is 7.05 Å². The molecule has 1 aliphatic carbocycles. The third kappa shape index (κ3) is 2.19. The van der Waals surface area contributed by atoms with Gasteiger partial charge in [-0.1, -0.05) is 12.8 Å². The van der Waals surface area contributed by atoms with Crippen LogP contribution >= 0.6 is 23.5 Å². The number of hydrogen-bond acceptors (Lipinski definition) is 4. The molecule has 3 nitrogen and oxygen atoms in total. The molecule has 1 atom stereocenters. The number of rotatable bonds is 4. The summed E-state index contributed by atoms with van der Waals surface area (Å²) in [6, 6.07) is -0.0602. The maximum Gasteiger partial charge on any atom is 0.248 e. The molecule has 84 valence electrons. The van der Waals surface area contributed by atoms with E-state index in [-0.39, 0.29) is 11.9 Å². The van der Waals surface area contributed by atoms with Crippen LogP contribution in [0.3, 0.4) is 0 Å². The van der Waals surface area contributed by atoms with Crippen LogP contribution in [-0.2, 0) is 4.79 Å². The number of nitrogens with one attached hydrogen (secondary N) is 1. The van der Waals surface area contributed by atoms with Gasteiger partial charge in [-0.25, -0.2) is 0 Å². The van der Waals surface area contributed by atoms with E-state index in [1.165, 1.54) is 12.8 Å². The van der Waals surface area contributed by atoms with E-state index in [1.807, 2.05) is 10.8 Å². The molecule has 15 heavy (non-hydrogen) atoms. The van der Waals surface area contributed by atoms with Crippen LogP contribution in [0.1, 0.15) is 19.3 Å². The van der Waals surface area contributed by atoms with Gasteiger partial charge in [-0.2, -0.15) is 0 Å². The van der Waals surface area contributed by atoms with Crippen LogP contribution in [0.15, 0.2) is 10.8 Å². The molecule has 3 N–H and O–H groups in total. The summed E-state index contributed by atoms with van der Waals surface area (Å²) in [5.74, 6) is 0.791. The van der Waals surface area contributed by atoms with Crippen LogP contribution in [0.25, 0.3) is 0 Å². The third-order valence-corrected chi connectivity index (χ3v) is 5.83. The lowest BCUT2D eigenvalue weighted by Gasteiger charge is -2.31. The van der Waals surface area contributed by atoms with Gasteiger partial charge in [0.2, 0.25) is 5.91 Å². The Bertz CT molecular complexity index is 281. The predicted molar refractivity (Wildman–Crippen MR) is 66.4 cm³/mol. The smallest absolute Gasteiger partial charge is 0.248 e. The van der Waals surface area contributed by atoms with Gasteiger partial charge in [0.25, 0.3) is 0 Å². The van der Waals surface area contributed by atoms with E-state index in [0.29, 0.717) is 0 Å². The SMILES string of the molecule is CNC(=O)C1([C@@H](N)CC2CC2)SC=CS1. The average Bonchev–Trinajstić information content (AvgIpc) is 2.91. The Morgan fingerprint density at radius 1 is 1.60 bits per heavy atom. The van der Waals surface area contributed by atoms with Gasteiger partial charge in [-0.3, -0.25) is 4.79 Å². The van der Waals surface area contributed by atoms with Crippen molar-refractivity contribution in [3.63, 3.8) is 0 Å². The summed E-state index contributed by atoms with van der Waals surface area (Å²) >= 11 is 3.09. The van der Waals surface area contributed by atoms with E-state index in [4.69, 9.17) is 5.73 Å². The minimum absolute atomic E-state index is 0.0376. The van der Waals surface area contributed by atoms with Gasteiger partial charge in [0.1, 0.15) is 0 Å². The average molecular weight is 244 g/mol. The number of amides is 1. The maximum absolute atomic E-state index is 11.9. The summed E-state index contributed by atoms with van der Waals surface area (Å²) in [6.07, 6.45) is 3.52. The van der Waals surface area contributed by atoms with Crippen molar-refractivity contribution in [1.82, 2.24) is 5.32 Å². The lowest BCUT2D eigenvalue weighted by Crippen LogP contribution is -2.52. The highest BCUT2D eigenvalue weighted by Gasteiger charge is 2.47. The fraction of sp³-hybridized carbons (Fsp3) is 0.700. The van der Waals surface area contributed by atoms with Crippen LogP contribution in [0.4, 0.5) is 0 Å². The van der Waals surface area contributed by atoms with Gasteiger partial charge in [0.15, 0.2) is 4.08 Å². The zero-order valence-electron chi connectivity index (χ0n) is 8.73. The van der Waals surface area contributed by atoms with Crippen LogP contribution in [0.2, 0.25) is 0 Å². The van der Waals surface area contributed by atoms with Gasteiger partial charge < -0.3 is 11.1 Å². The molecule has 1 amide bonds. The molecule has 0 saturated heterocycles. The highest BCUT2D eigenvalue weighted by atomic mass is 32.2. The Balaban J connectivity index is 2.06. The predicted octanol–water partition coefficient (Wildman–Crippen LogP) is 1.51. The topological polar surface area (TPSA) is 55.1 Å². The van der Waals surface area contributed by atoms with Crippen LogP contribution < -0.4 is 11.1 Å². The molecule has 0 aromatic rings. The summed E-state index contributed by atoms with van der Waals surface area (Å²) in [4.78, 5) is 11.9. The van der Waals surface area contributed by atoms with Crippen LogP contribution in [-0.4, -0.2) is 23.1 Å². The van der Waals surface area contributed by atoms with Crippen molar-refractivity contribution in [3.8, 4) is 0 Å². The molecule has 1 heterocycles. The standard InChI is InChI=1S/C10H16N2OS2/c1-12-9(13)10(14-4-5-15-10)8(11)6-7-2-3-7/h4-5,7-8H,2-3,6,11H2,1H3,(H,12,13)/t8-/m0/s1. The Kier molecular flexibility index (Phi) is 3.33. The summed E-state index contributed by atoms with van der Waals surface area (Å²) in [6.45, 7) is 0. The third-order valence-electron chi connectivity index (χ3n) is 2.86.